The van der Waals surface area contributed by atoms with Gasteiger partial charge in [-0.1, -0.05) is 36.4 Å². The Labute approximate surface area is 159 Å². The van der Waals surface area contributed by atoms with Gasteiger partial charge in [0.05, 0.1) is 6.04 Å². The van der Waals surface area contributed by atoms with E-state index in [0.29, 0.717) is 6.61 Å². The van der Waals surface area contributed by atoms with Gasteiger partial charge in [0, 0.05) is 6.54 Å². The van der Waals surface area contributed by atoms with Crippen LogP contribution in [0.5, 0.6) is 0 Å². The number of aliphatic imine (C=N–C) groups is 1. The largest absolute Gasteiger partial charge is 0.463 e. The van der Waals surface area contributed by atoms with E-state index < -0.39 is 0 Å². The van der Waals surface area contributed by atoms with Gasteiger partial charge in [0.15, 0.2) is 0 Å². The molecule has 3 aliphatic rings. The van der Waals surface area contributed by atoms with E-state index >= 15 is 0 Å². The Kier molecular flexibility index (Phi) is 4.12. The van der Waals surface area contributed by atoms with E-state index in [4.69, 9.17) is 9.73 Å². The number of rotatable bonds is 1. The highest BCUT2D eigenvalue weighted by Gasteiger charge is 2.42. The highest BCUT2D eigenvalue weighted by atomic mass is 19.1. The summed E-state index contributed by atoms with van der Waals surface area (Å²) < 4.78 is 19.7. The van der Waals surface area contributed by atoms with E-state index in [1.165, 1.54) is 23.3 Å². The predicted molar refractivity (Wildman–Crippen MR) is 103 cm³/mol. The normalized spacial score (nSPS) is 23.7. The molecule has 2 aromatic carbocycles. The minimum Gasteiger partial charge on any atom is -0.463 e. The summed E-state index contributed by atoms with van der Waals surface area (Å²) in [5.74, 6) is -0.211. The van der Waals surface area contributed by atoms with Crippen LogP contribution < -0.4 is 5.32 Å². The van der Waals surface area contributed by atoms with Crippen molar-refractivity contribution in [2.75, 3.05) is 26.2 Å². The van der Waals surface area contributed by atoms with Crippen LogP contribution in [0.3, 0.4) is 0 Å². The molecule has 0 aliphatic carbocycles. The zero-order valence-corrected chi connectivity index (χ0v) is 15.3. The van der Waals surface area contributed by atoms with Crippen molar-refractivity contribution in [2.24, 2.45) is 4.99 Å². The number of nitrogens with one attached hydrogen (secondary N) is 1. The van der Waals surface area contributed by atoms with Crippen LogP contribution in [0.25, 0.3) is 0 Å². The van der Waals surface area contributed by atoms with Crippen molar-refractivity contribution >= 4 is 6.02 Å². The third-order valence-electron chi connectivity index (χ3n) is 6.05. The predicted octanol–water partition coefficient (Wildman–Crippen LogP) is 3.28. The van der Waals surface area contributed by atoms with E-state index in [-0.39, 0.29) is 17.4 Å². The minimum absolute atomic E-state index is 0.00571. The van der Waals surface area contributed by atoms with E-state index in [9.17, 15) is 4.39 Å². The topological polar surface area (TPSA) is 36.9 Å². The first-order valence-electron chi connectivity index (χ1n) is 9.77. The summed E-state index contributed by atoms with van der Waals surface area (Å²) in [7, 11) is 0. The summed E-state index contributed by atoms with van der Waals surface area (Å²) in [5.41, 5.74) is 3.59. The molecule has 4 nitrogen and oxygen atoms in total. The average molecular weight is 365 g/mol. The van der Waals surface area contributed by atoms with Gasteiger partial charge in [0.1, 0.15) is 18.0 Å². The summed E-state index contributed by atoms with van der Waals surface area (Å²) in [5, 5.41) is 3.41. The molecular formula is C22H24FN3O. The standard InChI is InChI=1S/C22H24FN3O/c23-18-7-5-17(6-8-18)20-19-4-2-1-3-16(19)9-14-26(20)21-25-22(15-27-21)10-12-24-13-11-22/h1-8,20,24H,9-15H2. The zero-order valence-electron chi connectivity index (χ0n) is 15.3. The van der Waals surface area contributed by atoms with Crippen molar-refractivity contribution in [1.82, 2.24) is 10.2 Å². The van der Waals surface area contributed by atoms with Gasteiger partial charge in [0.25, 0.3) is 6.02 Å². The van der Waals surface area contributed by atoms with Crippen molar-refractivity contribution in [1.29, 1.82) is 0 Å². The lowest BCUT2D eigenvalue weighted by atomic mass is 9.88. The molecule has 1 atom stereocenters. The molecule has 0 radical (unpaired) electrons. The maximum Gasteiger partial charge on any atom is 0.288 e. The fourth-order valence-corrected chi connectivity index (χ4v) is 4.54. The summed E-state index contributed by atoms with van der Waals surface area (Å²) in [6, 6.07) is 16.1. The first kappa shape index (κ1) is 16.8. The van der Waals surface area contributed by atoms with Crippen LogP contribution in [0.1, 0.15) is 35.6 Å². The molecular weight excluding hydrogens is 341 g/mol. The quantitative estimate of drug-likeness (QED) is 0.843. The second-order valence-electron chi connectivity index (χ2n) is 7.75. The summed E-state index contributed by atoms with van der Waals surface area (Å²) in [6.45, 7) is 3.50. The number of amidine groups is 1. The molecule has 3 aliphatic heterocycles. The Hall–Kier alpha value is -2.40. The van der Waals surface area contributed by atoms with E-state index in [2.05, 4.69) is 34.5 Å². The van der Waals surface area contributed by atoms with Gasteiger partial charge in [-0.2, -0.15) is 0 Å². The smallest absolute Gasteiger partial charge is 0.288 e. The Balaban J connectivity index is 1.55. The summed E-state index contributed by atoms with van der Waals surface area (Å²) in [6.07, 6.45) is 3.00. The van der Waals surface area contributed by atoms with Gasteiger partial charge < -0.3 is 15.0 Å². The number of hydrogen-bond acceptors (Lipinski definition) is 4. The third-order valence-corrected chi connectivity index (χ3v) is 6.05. The maximum atomic E-state index is 13.5. The number of ether oxygens (including phenoxy) is 1. The van der Waals surface area contributed by atoms with Crippen molar-refractivity contribution < 1.29 is 9.13 Å². The van der Waals surface area contributed by atoms with Crippen LogP contribution >= 0.6 is 0 Å². The molecule has 5 heteroatoms. The molecule has 1 N–H and O–H groups in total. The fourth-order valence-electron chi connectivity index (χ4n) is 4.54. The molecule has 1 spiro atoms. The Bertz CT molecular complexity index is 858. The molecule has 140 valence electrons. The number of halogens is 1. The summed E-state index contributed by atoms with van der Waals surface area (Å²) >= 11 is 0. The number of piperidine rings is 1. The molecule has 1 saturated heterocycles. The minimum atomic E-state index is -0.211. The van der Waals surface area contributed by atoms with Gasteiger partial charge in [-0.25, -0.2) is 9.38 Å². The van der Waals surface area contributed by atoms with Crippen molar-refractivity contribution in [3.8, 4) is 0 Å². The van der Waals surface area contributed by atoms with Crippen molar-refractivity contribution in [2.45, 2.75) is 30.8 Å². The highest BCUT2D eigenvalue weighted by Crippen LogP contribution is 2.38. The zero-order chi connectivity index (χ0) is 18.3. The maximum absolute atomic E-state index is 13.5. The number of hydrogen-bond donors (Lipinski definition) is 1. The van der Waals surface area contributed by atoms with Crippen LogP contribution in [0.4, 0.5) is 4.39 Å². The lowest BCUT2D eigenvalue weighted by molar-refractivity contribution is 0.183. The third kappa shape index (κ3) is 3.00. The Morgan fingerprint density at radius 2 is 1.85 bits per heavy atom. The van der Waals surface area contributed by atoms with Gasteiger partial charge in [-0.05, 0) is 61.2 Å². The summed E-state index contributed by atoms with van der Waals surface area (Å²) in [4.78, 5) is 7.35. The van der Waals surface area contributed by atoms with Gasteiger partial charge in [-0.3, -0.25) is 0 Å². The molecule has 5 rings (SSSR count). The second kappa shape index (κ2) is 6.64. The van der Waals surface area contributed by atoms with Gasteiger partial charge in [0.2, 0.25) is 0 Å². The van der Waals surface area contributed by atoms with Crippen LogP contribution in [0.2, 0.25) is 0 Å². The van der Waals surface area contributed by atoms with E-state index in [1.54, 1.807) is 0 Å². The Morgan fingerprint density at radius 1 is 1.07 bits per heavy atom. The van der Waals surface area contributed by atoms with Crippen LogP contribution in [0, 0.1) is 5.82 Å². The van der Waals surface area contributed by atoms with Crippen molar-refractivity contribution in [3.05, 3.63) is 71.0 Å². The molecule has 1 unspecified atom stereocenters. The molecule has 1 fully saturated rings. The number of nitrogens with zero attached hydrogens (tertiary/aromatic N) is 2. The van der Waals surface area contributed by atoms with Crippen LogP contribution in [-0.2, 0) is 11.2 Å². The number of fused-ring (bicyclic) bond motifs is 1. The Morgan fingerprint density at radius 3 is 2.67 bits per heavy atom. The number of benzene rings is 2. The van der Waals surface area contributed by atoms with E-state index in [1.807, 2.05) is 12.1 Å². The lowest BCUT2D eigenvalue weighted by Gasteiger charge is -2.38. The van der Waals surface area contributed by atoms with Gasteiger partial charge >= 0.3 is 0 Å². The van der Waals surface area contributed by atoms with Crippen LogP contribution in [-0.4, -0.2) is 42.7 Å². The second-order valence-corrected chi connectivity index (χ2v) is 7.75. The fraction of sp³-hybridized carbons (Fsp3) is 0.409. The van der Waals surface area contributed by atoms with Crippen LogP contribution in [0.15, 0.2) is 53.5 Å². The molecule has 0 amide bonds. The monoisotopic (exact) mass is 365 g/mol. The lowest BCUT2D eigenvalue weighted by Crippen LogP contribution is -2.41. The average Bonchev–Trinajstić information content (AvgIpc) is 3.11. The first-order chi connectivity index (χ1) is 13.2. The molecule has 3 heterocycles. The molecule has 27 heavy (non-hydrogen) atoms. The van der Waals surface area contributed by atoms with E-state index in [0.717, 1.165) is 50.5 Å². The highest BCUT2D eigenvalue weighted by molar-refractivity contribution is 5.78. The molecule has 2 aromatic rings. The SMILES string of the molecule is Fc1ccc(C2c3ccccc3CCN2C2=NC3(CCNCC3)CO2)cc1. The molecule has 0 aromatic heterocycles. The molecule has 0 saturated carbocycles. The molecule has 0 bridgehead atoms. The van der Waals surface area contributed by atoms with Gasteiger partial charge in [-0.15, -0.1) is 0 Å². The van der Waals surface area contributed by atoms with Crippen molar-refractivity contribution in [3.63, 3.8) is 0 Å². The first-order valence-corrected chi connectivity index (χ1v) is 9.77.